The quantitative estimate of drug-likeness (QED) is 0.301. The predicted octanol–water partition coefficient (Wildman–Crippen LogP) is 4.81. The van der Waals surface area contributed by atoms with Crippen LogP contribution in [0.2, 0.25) is 0 Å². The van der Waals surface area contributed by atoms with E-state index in [1.54, 1.807) is 39.0 Å². The first-order valence-electron chi connectivity index (χ1n) is 17.7. The molecule has 2 bridgehead atoms. The van der Waals surface area contributed by atoms with Crippen molar-refractivity contribution in [1.29, 1.82) is 0 Å². The number of carbonyl (C=O) groups is 3. The molecule has 3 aliphatic rings. The molecule has 1 aromatic heterocycles. The van der Waals surface area contributed by atoms with Gasteiger partial charge in [-0.3, -0.25) is 14.5 Å². The van der Waals surface area contributed by atoms with Gasteiger partial charge >= 0.3 is 6.09 Å². The number of carbonyl (C=O) groups excluding carboxylic acids is 3. The van der Waals surface area contributed by atoms with Crippen molar-refractivity contribution in [2.24, 2.45) is 0 Å². The molecule has 2 saturated heterocycles. The molecule has 2 N–H and O–H groups in total. The van der Waals surface area contributed by atoms with Gasteiger partial charge in [0, 0.05) is 18.7 Å². The van der Waals surface area contributed by atoms with Gasteiger partial charge in [-0.15, -0.1) is 0 Å². The number of piperidine rings is 1. The van der Waals surface area contributed by atoms with Gasteiger partial charge in [-0.25, -0.2) is 9.78 Å². The maximum absolute atomic E-state index is 13.6. The molecule has 3 amide bonds. The van der Waals surface area contributed by atoms with E-state index in [1.165, 1.54) is 11.3 Å². The molecular weight excluding hydrogens is 656 g/mol. The second kappa shape index (κ2) is 15.3. The van der Waals surface area contributed by atoms with Crippen LogP contribution in [0.3, 0.4) is 0 Å². The minimum absolute atomic E-state index is 0.0433. The number of oxazole rings is 1. The van der Waals surface area contributed by atoms with Gasteiger partial charge in [0.25, 0.3) is 11.8 Å². The summed E-state index contributed by atoms with van der Waals surface area (Å²) in [6.07, 6.45) is 2.88. The predicted molar refractivity (Wildman–Crippen MR) is 186 cm³/mol. The summed E-state index contributed by atoms with van der Waals surface area (Å²) in [5, 5.41) is 14.3. The maximum atomic E-state index is 13.6. The van der Waals surface area contributed by atoms with Crippen LogP contribution >= 0.6 is 0 Å². The van der Waals surface area contributed by atoms with E-state index in [0.29, 0.717) is 43.3 Å². The largest absolute Gasteiger partial charge is 0.493 e. The van der Waals surface area contributed by atoms with Gasteiger partial charge in [0.15, 0.2) is 12.2 Å². The SMILES string of the molecule is CCOc1cc(C(=O)N2C3CCCC2COC3)ccc1C(=O)NC[C@@H](O)[C@@H]1Cc2ccc(OCc3ocnc3C)cc2CN1C(=O)OC(C)(C)C. The van der Waals surface area contributed by atoms with Crippen molar-refractivity contribution in [2.45, 2.75) is 103 Å². The summed E-state index contributed by atoms with van der Waals surface area (Å²) in [6, 6.07) is 9.89. The van der Waals surface area contributed by atoms with E-state index in [2.05, 4.69) is 10.3 Å². The number of aliphatic hydroxyl groups is 1. The molecule has 6 rings (SSSR count). The molecule has 2 unspecified atom stereocenters. The highest BCUT2D eigenvalue weighted by atomic mass is 16.6. The molecule has 0 saturated carbocycles. The second-order valence-electron chi connectivity index (χ2n) is 14.4. The van der Waals surface area contributed by atoms with E-state index in [1.807, 2.05) is 36.9 Å². The Labute approximate surface area is 298 Å². The number of fused-ring (bicyclic) bond motifs is 3. The smallest absolute Gasteiger partial charge is 0.410 e. The average Bonchev–Trinajstić information content (AvgIpc) is 3.51. The monoisotopic (exact) mass is 704 g/mol. The Morgan fingerprint density at radius 3 is 2.51 bits per heavy atom. The number of aryl methyl sites for hydroxylation is 1. The van der Waals surface area contributed by atoms with E-state index in [-0.39, 0.29) is 49.0 Å². The van der Waals surface area contributed by atoms with Crippen LogP contribution in [0.1, 0.15) is 90.3 Å². The molecule has 3 aliphatic heterocycles. The maximum Gasteiger partial charge on any atom is 0.410 e. The normalized spacial score (nSPS) is 20.6. The Morgan fingerprint density at radius 2 is 1.82 bits per heavy atom. The van der Waals surface area contributed by atoms with Gasteiger partial charge in [-0.2, -0.15) is 0 Å². The highest BCUT2D eigenvalue weighted by Crippen LogP contribution is 2.32. The molecular formula is C38H48N4O9. The Kier molecular flexibility index (Phi) is 10.9. The van der Waals surface area contributed by atoms with Gasteiger partial charge in [0.1, 0.15) is 23.7 Å². The Bertz CT molecular complexity index is 1710. The van der Waals surface area contributed by atoms with Crippen molar-refractivity contribution in [3.8, 4) is 11.5 Å². The third kappa shape index (κ3) is 8.31. The van der Waals surface area contributed by atoms with E-state index < -0.39 is 29.7 Å². The molecule has 0 radical (unpaired) electrons. The van der Waals surface area contributed by atoms with Crippen LogP contribution in [-0.4, -0.2) is 94.0 Å². The molecule has 51 heavy (non-hydrogen) atoms. The number of hydrogen-bond acceptors (Lipinski definition) is 10. The van der Waals surface area contributed by atoms with Gasteiger partial charge in [0.2, 0.25) is 0 Å². The number of rotatable bonds is 10. The van der Waals surface area contributed by atoms with Gasteiger partial charge in [0.05, 0.1) is 55.3 Å². The Balaban J connectivity index is 1.15. The first kappa shape index (κ1) is 36.2. The molecule has 4 atom stereocenters. The minimum Gasteiger partial charge on any atom is -0.493 e. The number of nitrogens with one attached hydrogen (secondary N) is 1. The zero-order valence-corrected chi connectivity index (χ0v) is 30.0. The number of amides is 3. The van der Waals surface area contributed by atoms with Crippen LogP contribution in [0.25, 0.3) is 0 Å². The molecule has 3 aromatic rings. The summed E-state index contributed by atoms with van der Waals surface area (Å²) in [5.41, 5.74) is 2.48. The van der Waals surface area contributed by atoms with E-state index in [9.17, 15) is 19.5 Å². The topological polar surface area (TPSA) is 153 Å². The molecule has 13 nitrogen and oxygen atoms in total. The van der Waals surface area contributed by atoms with Crippen LogP contribution in [-0.2, 0) is 29.0 Å². The van der Waals surface area contributed by atoms with Crippen LogP contribution in [0.15, 0.2) is 47.2 Å². The Hall–Kier alpha value is -4.62. The van der Waals surface area contributed by atoms with Crippen LogP contribution in [0.4, 0.5) is 4.79 Å². The van der Waals surface area contributed by atoms with E-state index >= 15 is 0 Å². The average molecular weight is 705 g/mol. The standard InChI is InChI=1S/C38H48N4O9/c1-6-48-33-16-25(36(45)42-27-8-7-9-28(42)20-47-19-27)11-13-30(33)35(44)39-17-32(43)31-15-24-10-12-29(49-21-34-23(2)40-22-50-34)14-26(24)18-41(31)37(46)51-38(3,4)5/h10-14,16,22,27-28,31-32,43H,6-9,15,17-21H2,1-5H3,(H,39,44)/t27?,28?,31-,32+/m0/s1. The fraction of sp³-hybridized carbons (Fsp3) is 0.526. The van der Waals surface area contributed by atoms with Crippen LogP contribution in [0.5, 0.6) is 11.5 Å². The summed E-state index contributed by atoms with van der Waals surface area (Å²) < 4.78 is 28.6. The van der Waals surface area contributed by atoms with Crippen LogP contribution < -0.4 is 14.8 Å². The number of benzene rings is 2. The number of hydrogen-bond donors (Lipinski definition) is 2. The van der Waals surface area contributed by atoms with Gasteiger partial charge in [-0.1, -0.05) is 6.07 Å². The summed E-state index contributed by atoms with van der Waals surface area (Å²) in [4.78, 5) is 48.2. The van der Waals surface area contributed by atoms with Gasteiger partial charge < -0.3 is 38.7 Å². The number of aromatic nitrogens is 1. The van der Waals surface area contributed by atoms with Crippen molar-refractivity contribution < 1.29 is 42.9 Å². The van der Waals surface area contributed by atoms with Crippen molar-refractivity contribution in [2.75, 3.05) is 26.4 Å². The highest BCUT2D eigenvalue weighted by Gasteiger charge is 2.39. The van der Waals surface area contributed by atoms with Crippen molar-refractivity contribution >= 4 is 17.9 Å². The molecule has 2 fully saturated rings. The lowest BCUT2D eigenvalue weighted by Gasteiger charge is -2.45. The number of morpholine rings is 1. The van der Waals surface area contributed by atoms with Crippen molar-refractivity contribution in [1.82, 2.24) is 20.1 Å². The molecule has 0 aliphatic carbocycles. The van der Waals surface area contributed by atoms with Gasteiger partial charge in [-0.05, 0) is 102 Å². The molecule has 274 valence electrons. The lowest BCUT2D eigenvalue weighted by Crippen LogP contribution is -2.57. The lowest BCUT2D eigenvalue weighted by atomic mass is 9.91. The first-order chi connectivity index (χ1) is 24.4. The lowest BCUT2D eigenvalue weighted by molar-refractivity contribution is -0.0566. The minimum atomic E-state index is -1.13. The summed E-state index contributed by atoms with van der Waals surface area (Å²) >= 11 is 0. The molecule has 2 aromatic carbocycles. The van der Waals surface area contributed by atoms with Crippen molar-refractivity contribution in [3.05, 3.63) is 76.5 Å². The third-order valence-electron chi connectivity index (χ3n) is 9.60. The molecule has 4 heterocycles. The fourth-order valence-corrected chi connectivity index (χ4v) is 7.01. The first-order valence-corrected chi connectivity index (χ1v) is 17.7. The number of nitrogens with zero attached hydrogens (tertiary/aromatic N) is 3. The second-order valence-corrected chi connectivity index (χ2v) is 14.4. The summed E-state index contributed by atoms with van der Waals surface area (Å²) in [5.74, 6) is 0.947. The summed E-state index contributed by atoms with van der Waals surface area (Å²) in [6.45, 7) is 10.6. The zero-order chi connectivity index (χ0) is 36.3. The van der Waals surface area contributed by atoms with Crippen LogP contribution in [0, 0.1) is 6.92 Å². The number of ether oxygens (including phenoxy) is 4. The third-order valence-corrected chi connectivity index (χ3v) is 9.60. The highest BCUT2D eigenvalue weighted by molar-refractivity contribution is 6.00. The molecule has 13 heteroatoms. The number of aliphatic hydroxyl groups excluding tert-OH is 1. The van der Waals surface area contributed by atoms with Crippen molar-refractivity contribution in [3.63, 3.8) is 0 Å². The Morgan fingerprint density at radius 1 is 1.06 bits per heavy atom. The molecule has 0 spiro atoms. The van der Waals surface area contributed by atoms with E-state index in [0.717, 1.165) is 36.1 Å². The zero-order valence-electron chi connectivity index (χ0n) is 30.0. The fourth-order valence-electron chi connectivity index (χ4n) is 7.01. The summed E-state index contributed by atoms with van der Waals surface area (Å²) in [7, 11) is 0. The van der Waals surface area contributed by atoms with E-state index in [4.69, 9.17) is 23.4 Å².